The number of benzene rings is 1. The van der Waals surface area contributed by atoms with Crippen LogP contribution in [-0.2, 0) is 22.5 Å². The molecule has 1 saturated heterocycles. The number of methoxy groups -OCH3 is 1. The van der Waals surface area contributed by atoms with Gasteiger partial charge >= 0.3 is 6.09 Å². The molecule has 35 heavy (non-hydrogen) atoms. The summed E-state index contributed by atoms with van der Waals surface area (Å²) in [6.07, 6.45) is 6.83. The van der Waals surface area contributed by atoms with Crippen molar-refractivity contribution in [3.05, 3.63) is 52.8 Å². The molecular weight excluding hydrogens is 444 g/mol. The minimum atomic E-state index is -0.891. The number of carboxylic acid groups (broad SMARTS) is 1. The number of aromatic amines is 1. The molecule has 2 aliphatic heterocycles. The zero-order chi connectivity index (χ0) is 24.3. The fourth-order valence-corrected chi connectivity index (χ4v) is 5.85. The number of pyridine rings is 1. The van der Waals surface area contributed by atoms with Crippen molar-refractivity contribution in [3.8, 4) is 11.1 Å². The van der Waals surface area contributed by atoms with Gasteiger partial charge in [-0.05, 0) is 79.0 Å². The first-order valence-electron chi connectivity index (χ1n) is 12.3. The van der Waals surface area contributed by atoms with Crippen LogP contribution in [0.1, 0.15) is 54.0 Å². The number of carbonyl (C=O) groups excluding carboxylic acids is 1. The van der Waals surface area contributed by atoms with Gasteiger partial charge in [-0.2, -0.15) is 0 Å². The first-order valence-corrected chi connectivity index (χ1v) is 12.3. The van der Waals surface area contributed by atoms with Gasteiger partial charge in [0.15, 0.2) is 0 Å². The predicted octanol–water partition coefficient (Wildman–Crippen LogP) is 4.42. The van der Waals surface area contributed by atoms with Crippen molar-refractivity contribution < 1.29 is 19.4 Å². The van der Waals surface area contributed by atoms with Crippen molar-refractivity contribution in [1.82, 2.24) is 19.8 Å². The Morgan fingerprint density at radius 3 is 2.77 bits per heavy atom. The van der Waals surface area contributed by atoms with E-state index < -0.39 is 11.7 Å². The summed E-state index contributed by atoms with van der Waals surface area (Å²) >= 11 is 0. The van der Waals surface area contributed by atoms with E-state index in [1.165, 1.54) is 5.56 Å². The lowest BCUT2D eigenvalue weighted by molar-refractivity contribution is -0.145. The van der Waals surface area contributed by atoms with E-state index in [1.54, 1.807) is 12.0 Å². The number of nitrogens with one attached hydrogen (secondary N) is 1. The van der Waals surface area contributed by atoms with Gasteiger partial charge in [-0.1, -0.05) is 6.07 Å². The van der Waals surface area contributed by atoms with Gasteiger partial charge in [-0.25, -0.2) is 9.78 Å². The number of aryl methyl sites for hydroxylation is 1. The lowest BCUT2D eigenvalue weighted by atomic mass is 9.86. The van der Waals surface area contributed by atoms with Crippen LogP contribution in [0.3, 0.4) is 0 Å². The highest BCUT2D eigenvalue weighted by Crippen LogP contribution is 2.43. The summed E-state index contributed by atoms with van der Waals surface area (Å²) in [6.45, 7) is 3.73. The number of nitrogens with zero attached hydrogens (tertiary/aromatic N) is 3. The molecule has 0 spiro atoms. The molecule has 8 heteroatoms. The summed E-state index contributed by atoms with van der Waals surface area (Å²) in [7, 11) is 1.61. The Balaban J connectivity index is 1.44. The van der Waals surface area contributed by atoms with Gasteiger partial charge in [0.1, 0.15) is 11.2 Å². The average molecular weight is 475 g/mol. The highest BCUT2D eigenvalue weighted by molar-refractivity contribution is 5.89. The quantitative estimate of drug-likeness (QED) is 0.583. The van der Waals surface area contributed by atoms with E-state index in [-0.39, 0.29) is 11.9 Å². The van der Waals surface area contributed by atoms with E-state index in [4.69, 9.17) is 4.74 Å². The summed E-state index contributed by atoms with van der Waals surface area (Å²) in [6, 6.07) is 6.28. The molecule has 1 aliphatic carbocycles. The van der Waals surface area contributed by atoms with Gasteiger partial charge in [0.25, 0.3) is 5.91 Å². The van der Waals surface area contributed by atoms with Gasteiger partial charge in [-0.15, -0.1) is 0 Å². The van der Waals surface area contributed by atoms with Gasteiger partial charge in [0.05, 0.1) is 6.04 Å². The molecule has 6 rings (SSSR count). The van der Waals surface area contributed by atoms with Crippen LogP contribution in [0.2, 0.25) is 0 Å². The maximum Gasteiger partial charge on any atom is 0.407 e. The van der Waals surface area contributed by atoms with Crippen LogP contribution in [0, 0.1) is 6.92 Å². The third-order valence-corrected chi connectivity index (χ3v) is 8.08. The number of ether oxygens (including phenoxy) is 1. The molecule has 2 aromatic heterocycles. The second kappa shape index (κ2) is 8.09. The van der Waals surface area contributed by atoms with Crippen molar-refractivity contribution in [1.29, 1.82) is 0 Å². The standard InChI is InChI=1S/C27H30N4O4/c1-16-13-28-24-20(16)12-19(14-29-24)18-10-17-5-9-30(25(32)27(35-2)6-7-27)15-22(17)21(11-18)23-4-3-8-31(23)26(33)34/h10-14,23H,3-9,15H2,1-2H3,(H,28,29)(H,33,34)/t23-/m0/s1. The molecule has 0 unspecified atom stereocenters. The summed E-state index contributed by atoms with van der Waals surface area (Å²) < 4.78 is 5.56. The molecule has 8 nitrogen and oxygen atoms in total. The van der Waals surface area contributed by atoms with Crippen LogP contribution in [-0.4, -0.2) is 62.7 Å². The van der Waals surface area contributed by atoms with Crippen LogP contribution < -0.4 is 0 Å². The van der Waals surface area contributed by atoms with Crippen molar-refractivity contribution in [2.24, 2.45) is 0 Å². The Kier molecular flexibility index (Phi) is 5.11. The molecular formula is C27H30N4O4. The average Bonchev–Trinajstić information content (AvgIpc) is 3.36. The Labute approximate surface area is 203 Å². The van der Waals surface area contributed by atoms with Crippen LogP contribution in [0.25, 0.3) is 22.2 Å². The topological polar surface area (TPSA) is 98.8 Å². The maximum absolute atomic E-state index is 13.2. The summed E-state index contributed by atoms with van der Waals surface area (Å²) in [5, 5.41) is 11.0. The minimum Gasteiger partial charge on any atom is -0.465 e. The first kappa shape index (κ1) is 22.1. The van der Waals surface area contributed by atoms with Crippen molar-refractivity contribution in [2.75, 3.05) is 20.2 Å². The van der Waals surface area contributed by atoms with Crippen LogP contribution in [0.15, 0.2) is 30.6 Å². The summed E-state index contributed by atoms with van der Waals surface area (Å²) in [5.74, 6) is 0.0553. The number of rotatable bonds is 4. The first-order chi connectivity index (χ1) is 16.9. The Bertz CT molecular complexity index is 1340. The van der Waals surface area contributed by atoms with Gasteiger partial charge in [-0.3, -0.25) is 4.79 Å². The largest absolute Gasteiger partial charge is 0.465 e. The van der Waals surface area contributed by atoms with E-state index in [1.807, 2.05) is 17.3 Å². The van der Waals surface area contributed by atoms with Crippen LogP contribution >= 0.6 is 0 Å². The molecule has 3 aromatic rings. The molecule has 0 radical (unpaired) electrons. The summed E-state index contributed by atoms with van der Waals surface area (Å²) in [4.78, 5) is 36.5. The molecule has 2 N–H and O–H groups in total. The minimum absolute atomic E-state index is 0.0553. The lowest BCUT2D eigenvalue weighted by Gasteiger charge is -2.35. The SMILES string of the molecule is COC1(C(=O)N2CCc3cc(-c4cnc5[nH]cc(C)c5c4)cc([C@@H]4CCCN4C(=O)O)c3C2)CC1. The van der Waals surface area contributed by atoms with Gasteiger partial charge in [0.2, 0.25) is 0 Å². The Morgan fingerprint density at radius 2 is 2.03 bits per heavy atom. The fourth-order valence-electron chi connectivity index (χ4n) is 5.85. The second-order valence-corrected chi connectivity index (χ2v) is 10.1. The fraction of sp³-hybridized carbons (Fsp3) is 0.444. The van der Waals surface area contributed by atoms with Crippen molar-refractivity contribution in [3.63, 3.8) is 0 Å². The number of carbonyl (C=O) groups is 2. The number of H-pyrrole nitrogens is 1. The molecule has 0 bridgehead atoms. The monoisotopic (exact) mass is 474 g/mol. The van der Waals surface area contributed by atoms with E-state index >= 15 is 0 Å². The van der Waals surface area contributed by atoms with E-state index in [2.05, 4.69) is 35.1 Å². The number of fused-ring (bicyclic) bond motifs is 2. The smallest absolute Gasteiger partial charge is 0.407 e. The number of aromatic nitrogens is 2. The molecule has 2 amide bonds. The van der Waals surface area contributed by atoms with E-state index in [0.717, 1.165) is 71.0 Å². The molecule has 4 heterocycles. The third-order valence-electron chi connectivity index (χ3n) is 8.08. The van der Waals surface area contributed by atoms with Gasteiger partial charge < -0.3 is 24.6 Å². The third kappa shape index (κ3) is 3.58. The maximum atomic E-state index is 13.2. The van der Waals surface area contributed by atoms with Crippen LogP contribution in [0.4, 0.5) is 4.79 Å². The van der Waals surface area contributed by atoms with Gasteiger partial charge in [0, 0.05) is 50.1 Å². The molecule has 1 saturated carbocycles. The normalized spacial score (nSPS) is 20.8. The molecule has 182 valence electrons. The Morgan fingerprint density at radius 1 is 1.20 bits per heavy atom. The second-order valence-electron chi connectivity index (χ2n) is 10.1. The van der Waals surface area contributed by atoms with E-state index in [0.29, 0.717) is 19.6 Å². The van der Waals surface area contributed by atoms with Crippen molar-refractivity contribution in [2.45, 2.75) is 57.2 Å². The zero-order valence-corrected chi connectivity index (χ0v) is 20.1. The van der Waals surface area contributed by atoms with E-state index in [9.17, 15) is 14.7 Å². The Hall–Kier alpha value is -3.39. The van der Waals surface area contributed by atoms with Crippen LogP contribution in [0.5, 0.6) is 0 Å². The predicted molar refractivity (Wildman–Crippen MR) is 131 cm³/mol. The number of hydrogen-bond acceptors (Lipinski definition) is 4. The number of hydrogen-bond donors (Lipinski definition) is 2. The van der Waals surface area contributed by atoms with Crippen molar-refractivity contribution >= 4 is 23.0 Å². The molecule has 1 atom stereocenters. The molecule has 3 aliphatic rings. The molecule has 1 aromatic carbocycles. The number of amides is 2. The molecule has 2 fully saturated rings. The lowest BCUT2D eigenvalue weighted by Crippen LogP contribution is -2.44. The summed E-state index contributed by atoms with van der Waals surface area (Å²) in [5.41, 5.74) is 6.69. The zero-order valence-electron chi connectivity index (χ0n) is 20.1. The highest BCUT2D eigenvalue weighted by Gasteiger charge is 2.52. The number of likely N-dealkylation sites (tertiary alicyclic amines) is 1. The highest BCUT2D eigenvalue weighted by atomic mass is 16.5.